The number of benzene rings is 1. The van der Waals surface area contributed by atoms with Crippen molar-refractivity contribution in [3.05, 3.63) is 58.0 Å². The third kappa shape index (κ3) is 3.68. The second-order valence-electron chi connectivity index (χ2n) is 4.37. The van der Waals surface area contributed by atoms with Crippen molar-refractivity contribution in [2.45, 2.75) is 13.1 Å². The van der Waals surface area contributed by atoms with Gasteiger partial charge in [0.2, 0.25) is 0 Å². The molecule has 0 atom stereocenters. The molecule has 1 heterocycles. The number of halogens is 1. The number of carboxylic acids is 1. The highest BCUT2D eigenvalue weighted by Crippen LogP contribution is 2.19. The van der Waals surface area contributed by atoms with Crippen molar-refractivity contribution >= 4 is 21.9 Å². The van der Waals surface area contributed by atoms with Crippen LogP contribution in [0.15, 0.2) is 45.5 Å². The molecule has 2 aromatic rings. The Bertz CT molecular complexity index is 562. The average molecular weight is 324 g/mol. The zero-order chi connectivity index (χ0) is 13.8. The van der Waals surface area contributed by atoms with Crippen LogP contribution < -0.4 is 0 Å². The summed E-state index contributed by atoms with van der Waals surface area (Å²) in [5.74, 6) is -0.0240. The van der Waals surface area contributed by atoms with Crippen molar-refractivity contribution in [2.75, 3.05) is 7.05 Å². The van der Waals surface area contributed by atoms with Crippen LogP contribution in [0.3, 0.4) is 0 Å². The summed E-state index contributed by atoms with van der Waals surface area (Å²) in [7, 11) is 1.99. The fourth-order valence-electron chi connectivity index (χ4n) is 1.80. The largest absolute Gasteiger partial charge is 0.478 e. The number of aromatic carboxylic acids is 1. The Balaban J connectivity index is 1.97. The monoisotopic (exact) mass is 323 g/mol. The van der Waals surface area contributed by atoms with Crippen molar-refractivity contribution in [1.29, 1.82) is 0 Å². The van der Waals surface area contributed by atoms with Gasteiger partial charge >= 0.3 is 5.97 Å². The van der Waals surface area contributed by atoms with E-state index in [1.165, 1.54) is 0 Å². The van der Waals surface area contributed by atoms with Crippen molar-refractivity contribution in [2.24, 2.45) is 0 Å². The smallest absolute Gasteiger partial charge is 0.335 e. The first kappa shape index (κ1) is 13.8. The van der Waals surface area contributed by atoms with Crippen LogP contribution in [0.2, 0.25) is 0 Å². The average Bonchev–Trinajstić information content (AvgIpc) is 2.75. The molecule has 0 fully saturated rings. The normalized spacial score (nSPS) is 10.9. The highest BCUT2D eigenvalue weighted by Gasteiger charge is 2.08. The number of hydrogen-bond donors (Lipinski definition) is 1. The second-order valence-corrected chi connectivity index (χ2v) is 5.22. The lowest BCUT2D eigenvalue weighted by molar-refractivity contribution is 0.0697. The number of hydrogen-bond acceptors (Lipinski definition) is 3. The summed E-state index contributed by atoms with van der Waals surface area (Å²) >= 11 is 3.42. The molecule has 0 spiro atoms. The molecule has 0 bridgehead atoms. The van der Waals surface area contributed by atoms with Crippen molar-refractivity contribution in [3.63, 3.8) is 0 Å². The topological polar surface area (TPSA) is 53.7 Å². The van der Waals surface area contributed by atoms with Crippen LogP contribution >= 0.6 is 15.9 Å². The van der Waals surface area contributed by atoms with Crippen LogP contribution in [0.1, 0.15) is 21.7 Å². The SMILES string of the molecule is CN(Cc1ccc(C(=O)O)cc1)Cc1occc1Br. The summed E-state index contributed by atoms with van der Waals surface area (Å²) in [6.45, 7) is 1.42. The first-order valence-electron chi connectivity index (χ1n) is 5.79. The first-order valence-corrected chi connectivity index (χ1v) is 6.58. The summed E-state index contributed by atoms with van der Waals surface area (Å²) in [5.41, 5.74) is 1.37. The molecule has 0 saturated heterocycles. The highest BCUT2D eigenvalue weighted by molar-refractivity contribution is 9.10. The van der Waals surface area contributed by atoms with Crippen LogP contribution in [-0.2, 0) is 13.1 Å². The second kappa shape index (κ2) is 6.04. The van der Waals surface area contributed by atoms with Gasteiger partial charge in [0.1, 0.15) is 5.76 Å². The van der Waals surface area contributed by atoms with Gasteiger partial charge in [-0.3, -0.25) is 4.90 Å². The minimum absolute atomic E-state index is 0.306. The van der Waals surface area contributed by atoms with E-state index < -0.39 is 5.97 Å². The van der Waals surface area contributed by atoms with Crippen molar-refractivity contribution in [3.8, 4) is 0 Å². The van der Waals surface area contributed by atoms with Crippen LogP contribution in [-0.4, -0.2) is 23.0 Å². The fourth-order valence-corrected chi connectivity index (χ4v) is 2.13. The molecule has 1 aromatic heterocycles. The van der Waals surface area contributed by atoms with Crippen LogP contribution in [0.25, 0.3) is 0 Å². The minimum Gasteiger partial charge on any atom is -0.478 e. The molecule has 0 amide bonds. The van der Waals surface area contributed by atoms with Gasteiger partial charge in [-0.05, 0) is 46.7 Å². The number of rotatable bonds is 5. The summed E-state index contributed by atoms with van der Waals surface area (Å²) in [6.07, 6.45) is 1.65. The summed E-state index contributed by atoms with van der Waals surface area (Å²) < 4.78 is 6.32. The molecule has 0 aliphatic heterocycles. The van der Waals surface area contributed by atoms with E-state index in [0.717, 1.165) is 22.3 Å². The fraction of sp³-hybridized carbons (Fsp3) is 0.214. The van der Waals surface area contributed by atoms with E-state index in [0.29, 0.717) is 12.1 Å². The van der Waals surface area contributed by atoms with E-state index in [1.807, 2.05) is 25.2 Å². The van der Waals surface area contributed by atoms with E-state index in [-0.39, 0.29) is 0 Å². The molecule has 1 aromatic carbocycles. The lowest BCUT2D eigenvalue weighted by Crippen LogP contribution is -2.17. The van der Waals surface area contributed by atoms with Gasteiger partial charge in [-0.15, -0.1) is 0 Å². The molecule has 100 valence electrons. The Hall–Kier alpha value is -1.59. The van der Waals surface area contributed by atoms with E-state index in [1.54, 1.807) is 18.4 Å². The van der Waals surface area contributed by atoms with Crippen molar-refractivity contribution in [1.82, 2.24) is 4.90 Å². The first-order chi connectivity index (χ1) is 9.06. The maximum atomic E-state index is 10.8. The maximum Gasteiger partial charge on any atom is 0.335 e. The molecule has 0 unspecified atom stereocenters. The van der Waals surface area contributed by atoms with Gasteiger partial charge in [0.15, 0.2) is 0 Å². The van der Waals surface area contributed by atoms with Gasteiger partial charge in [-0.1, -0.05) is 12.1 Å². The van der Waals surface area contributed by atoms with Gasteiger partial charge in [0.05, 0.1) is 22.8 Å². The zero-order valence-corrected chi connectivity index (χ0v) is 12.1. The molecule has 1 N–H and O–H groups in total. The third-order valence-corrected chi connectivity index (χ3v) is 3.46. The van der Waals surface area contributed by atoms with E-state index >= 15 is 0 Å². The summed E-state index contributed by atoms with van der Waals surface area (Å²) in [4.78, 5) is 12.9. The van der Waals surface area contributed by atoms with Crippen LogP contribution in [0.4, 0.5) is 0 Å². The molecule has 0 aliphatic carbocycles. The van der Waals surface area contributed by atoms with Crippen LogP contribution in [0.5, 0.6) is 0 Å². The lowest BCUT2D eigenvalue weighted by atomic mass is 10.1. The molecule has 19 heavy (non-hydrogen) atoms. The van der Waals surface area contributed by atoms with Gasteiger partial charge in [0.25, 0.3) is 0 Å². The predicted molar refractivity (Wildman–Crippen MR) is 75.0 cm³/mol. The van der Waals surface area contributed by atoms with Crippen LogP contribution in [0, 0.1) is 0 Å². The van der Waals surface area contributed by atoms with E-state index in [9.17, 15) is 4.79 Å². The molecule has 0 radical (unpaired) electrons. The zero-order valence-electron chi connectivity index (χ0n) is 10.5. The van der Waals surface area contributed by atoms with Crippen molar-refractivity contribution < 1.29 is 14.3 Å². The van der Waals surface area contributed by atoms with E-state index in [4.69, 9.17) is 9.52 Å². The van der Waals surface area contributed by atoms with Gasteiger partial charge in [-0.25, -0.2) is 4.79 Å². The quantitative estimate of drug-likeness (QED) is 0.916. The minimum atomic E-state index is -0.903. The number of carboxylic acid groups (broad SMARTS) is 1. The third-order valence-electron chi connectivity index (χ3n) is 2.76. The molecular weight excluding hydrogens is 310 g/mol. The molecule has 2 rings (SSSR count). The summed E-state index contributed by atoms with van der Waals surface area (Å²) in [6, 6.07) is 8.77. The number of carbonyl (C=O) groups is 1. The van der Waals surface area contributed by atoms with E-state index in [2.05, 4.69) is 20.8 Å². The Kier molecular flexibility index (Phi) is 4.39. The molecule has 4 nitrogen and oxygen atoms in total. The maximum absolute atomic E-state index is 10.8. The Morgan fingerprint density at radius 2 is 1.95 bits per heavy atom. The highest BCUT2D eigenvalue weighted by atomic mass is 79.9. The molecular formula is C14H14BrNO3. The number of furan rings is 1. The Labute approximate surface area is 119 Å². The van der Waals surface area contributed by atoms with Gasteiger partial charge in [-0.2, -0.15) is 0 Å². The van der Waals surface area contributed by atoms with Gasteiger partial charge < -0.3 is 9.52 Å². The number of nitrogens with zero attached hydrogens (tertiary/aromatic N) is 1. The Morgan fingerprint density at radius 1 is 1.26 bits per heavy atom. The molecule has 5 heteroatoms. The molecule has 0 aliphatic rings. The van der Waals surface area contributed by atoms with Gasteiger partial charge in [0, 0.05) is 6.54 Å². The Morgan fingerprint density at radius 3 is 2.47 bits per heavy atom. The predicted octanol–water partition coefficient (Wildman–Crippen LogP) is 3.37. The summed E-state index contributed by atoms with van der Waals surface area (Å²) in [5, 5.41) is 8.83. The molecule has 0 saturated carbocycles. The standard InChI is InChI=1S/C14H14BrNO3/c1-16(9-13-12(15)6-7-19-13)8-10-2-4-11(5-3-10)14(17)18/h2-7H,8-9H2,1H3,(H,17,18). The lowest BCUT2D eigenvalue weighted by Gasteiger charge is -2.15.